The van der Waals surface area contributed by atoms with Crippen LogP contribution in [0.3, 0.4) is 0 Å². The van der Waals surface area contributed by atoms with Gasteiger partial charge in [0.05, 0.1) is 13.0 Å². The minimum atomic E-state index is -0.618. The number of rotatable bonds is 2. The van der Waals surface area contributed by atoms with Crippen LogP contribution in [0.1, 0.15) is 43.7 Å². The van der Waals surface area contributed by atoms with E-state index in [9.17, 15) is 9.90 Å². The first-order valence-corrected chi connectivity index (χ1v) is 7.46. The zero-order chi connectivity index (χ0) is 14.3. The number of fused-ring (bicyclic) bond motifs is 3. The van der Waals surface area contributed by atoms with Crippen molar-refractivity contribution in [1.29, 1.82) is 0 Å². The van der Waals surface area contributed by atoms with Gasteiger partial charge < -0.3 is 9.84 Å². The number of ether oxygens (including phenoxy) is 1. The van der Waals surface area contributed by atoms with E-state index in [0.717, 1.165) is 37.9 Å². The van der Waals surface area contributed by atoms with Gasteiger partial charge in [0.25, 0.3) is 0 Å². The highest BCUT2D eigenvalue weighted by Gasteiger charge is 2.48. The number of benzene rings is 1. The molecule has 0 spiro atoms. The lowest BCUT2D eigenvalue weighted by Gasteiger charge is -2.49. The van der Waals surface area contributed by atoms with Crippen molar-refractivity contribution in [2.75, 3.05) is 7.11 Å². The first-order valence-electron chi connectivity index (χ1n) is 7.46. The minimum Gasteiger partial charge on any atom is -0.497 e. The van der Waals surface area contributed by atoms with Gasteiger partial charge in [-0.1, -0.05) is 19.4 Å². The van der Waals surface area contributed by atoms with Crippen LogP contribution in [0.25, 0.3) is 0 Å². The van der Waals surface area contributed by atoms with E-state index >= 15 is 0 Å². The second-order valence-electron chi connectivity index (χ2n) is 6.42. The van der Waals surface area contributed by atoms with Crippen molar-refractivity contribution < 1.29 is 14.6 Å². The lowest BCUT2D eigenvalue weighted by Crippen LogP contribution is -2.46. The molecule has 0 aliphatic heterocycles. The van der Waals surface area contributed by atoms with E-state index in [2.05, 4.69) is 19.1 Å². The molecule has 3 nitrogen and oxygen atoms in total. The van der Waals surface area contributed by atoms with Gasteiger partial charge in [-0.05, 0) is 60.3 Å². The maximum Gasteiger partial charge on any atom is 0.306 e. The molecular formula is C17H22O3. The van der Waals surface area contributed by atoms with Crippen LogP contribution in [-0.4, -0.2) is 18.2 Å². The Labute approximate surface area is 120 Å². The normalized spacial score (nSPS) is 32.1. The highest BCUT2D eigenvalue weighted by atomic mass is 16.5. The molecular weight excluding hydrogens is 252 g/mol. The lowest BCUT2D eigenvalue weighted by atomic mass is 9.55. The molecule has 0 aromatic heterocycles. The van der Waals surface area contributed by atoms with E-state index in [1.807, 2.05) is 6.07 Å². The Kier molecular flexibility index (Phi) is 3.23. The van der Waals surface area contributed by atoms with Crippen molar-refractivity contribution >= 4 is 5.97 Å². The Hall–Kier alpha value is -1.51. The second kappa shape index (κ2) is 4.80. The van der Waals surface area contributed by atoms with Crippen LogP contribution in [0.4, 0.5) is 0 Å². The molecule has 0 bridgehead atoms. The Morgan fingerprint density at radius 2 is 2.20 bits per heavy atom. The maximum absolute atomic E-state index is 11.6. The molecule has 2 aliphatic carbocycles. The summed E-state index contributed by atoms with van der Waals surface area (Å²) in [6.45, 7) is 2.25. The van der Waals surface area contributed by atoms with Gasteiger partial charge in [-0.25, -0.2) is 0 Å². The first kappa shape index (κ1) is 13.5. The Balaban J connectivity index is 2.07. The first-order chi connectivity index (χ1) is 9.56. The molecule has 2 aliphatic rings. The van der Waals surface area contributed by atoms with Crippen LogP contribution >= 0.6 is 0 Å². The number of hydrogen-bond donors (Lipinski definition) is 1. The Morgan fingerprint density at radius 1 is 1.40 bits per heavy atom. The van der Waals surface area contributed by atoms with Crippen LogP contribution in [0.5, 0.6) is 5.75 Å². The van der Waals surface area contributed by atoms with Gasteiger partial charge in [0.2, 0.25) is 0 Å². The summed E-state index contributed by atoms with van der Waals surface area (Å²) in [5.41, 5.74) is 2.68. The predicted molar refractivity (Wildman–Crippen MR) is 77.1 cm³/mol. The maximum atomic E-state index is 11.6. The van der Waals surface area contributed by atoms with E-state index in [-0.39, 0.29) is 17.3 Å². The van der Waals surface area contributed by atoms with Crippen LogP contribution in [-0.2, 0) is 16.6 Å². The van der Waals surface area contributed by atoms with Crippen molar-refractivity contribution in [1.82, 2.24) is 0 Å². The number of aryl methyl sites for hydroxylation is 1. The van der Waals surface area contributed by atoms with E-state index < -0.39 is 5.97 Å². The number of aliphatic carboxylic acids is 1. The highest BCUT2D eigenvalue weighted by Crippen LogP contribution is 2.52. The monoisotopic (exact) mass is 274 g/mol. The summed E-state index contributed by atoms with van der Waals surface area (Å²) in [4.78, 5) is 11.6. The Morgan fingerprint density at radius 3 is 2.90 bits per heavy atom. The summed E-state index contributed by atoms with van der Waals surface area (Å²) in [5.74, 6) is 0.330. The zero-order valence-electron chi connectivity index (χ0n) is 12.2. The summed E-state index contributed by atoms with van der Waals surface area (Å²) < 4.78 is 5.36. The molecule has 3 rings (SSSR count). The molecule has 1 fully saturated rings. The third-order valence-corrected chi connectivity index (χ3v) is 5.49. The van der Waals surface area contributed by atoms with Gasteiger partial charge in [-0.15, -0.1) is 0 Å². The summed E-state index contributed by atoms with van der Waals surface area (Å²) in [7, 11) is 1.69. The number of carboxylic acid groups (broad SMARTS) is 1. The summed E-state index contributed by atoms with van der Waals surface area (Å²) in [5, 5.41) is 9.52. The quantitative estimate of drug-likeness (QED) is 0.899. The van der Waals surface area contributed by atoms with Crippen LogP contribution < -0.4 is 4.74 Å². The van der Waals surface area contributed by atoms with Gasteiger partial charge in [-0.2, -0.15) is 0 Å². The summed E-state index contributed by atoms with van der Waals surface area (Å²) in [6, 6.07) is 6.30. The fourth-order valence-electron chi connectivity index (χ4n) is 4.41. The molecule has 0 saturated heterocycles. The minimum absolute atomic E-state index is 0.0105. The average Bonchev–Trinajstić information content (AvgIpc) is 2.45. The zero-order valence-corrected chi connectivity index (χ0v) is 12.2. The third-order valence-electron chi connectivity index (χ3n) is 5.49. The molecule has 20 heavy (non-hydrogen) atoms. The molecule has 3 heteroatoms. The van der Waals surface area contributed by atoms with Crippen molar-refractivity contribution in [2.24, 2.45) is 11.8 Å². The molecule has 1 N–H and O–H groups in total. The number of carbonyl (C=O) groups is 1. The largest absolute Gasteiger partial charge is 0.497 e. The topological polar surface area (TPSA) is 46.5 Å². The van der Waals surface area contributed by atoms with Crippen molar-refractivity contribution in [3.05, 3.63) is 29.3 Å². The number of carboxylic acids is 1. The SMILES string of the molecule is COc1ccc2c(c1)[C@@]1(C)CCC[C@H](C(=O)O)[C@@H]1CC2. The van der Waals surface area contributed by atoms with Crippen molar-refractivity contribution in [3.8, 4) is 5.75 Å². The summed E-state index contributed by atoms with van der Waals surface area (Å²) in [6.07, 6.45) is 4.90. The summed E-state index contributed by atoms with van der Waals surface area (Å²) >= 11 is 0. The van der Waals surface area contributed by atoms with Crippen molar-refractivity contribution in [2.45, 2.75) is 44.4 Å². The molecule has 1 aromatic rings. The van der Waals surface area contributed by atoms with Crippen molar-refractivity contribution in [3.63, 3.8) is 0 Å². The molecule has 1 saturated carbocycles. The van der Waals surface area contributed by atoms with E-state index in [1.54, 1.807) is 7.11 Å². The molecule has 0 heterocycles. The molecule has 108 valence electrons. The van der Waals surface area contributed by atoms with Gasteiger partial charge in [0, 0.05) is 0 Å². The van der Waals surface area contributed by atoms with Crippen LogP contribution in [0.15, 0.2) is 18.2 Å². The molecule has 0 radical (unpaired) electrons. The molecule has 3 atom stereocenters. The lowest BCUT2D eigenvalue weighted by molar-refractivity contribution is -0.147. The van der Waals surface area contributed by atoms with Gasteiger partial charge in [0.1, 0.15) is 5.75 Å². The average molecular weight is 274 g/mol. The smallest absolute Gasteiger partial charge is 0.306 e. The molecule has 1 aromatic carbocycles. The number of methoxy groups -OCH3 is 1. The fourth-order valence-corrected chi connectivity index (χ4v) is 4.41. The van der Waals surface area contributed by atoms with Crippen LogP contribution in [0.2, 0.25) is 0 Å². The fraction of sp³-hybridized carbons (Fsp3) is 0.588. The van der Waals surface area contributed by atoms with Gasteiger partial charge >= 0.3 is 5.97 Å². The van der Waals surface area contributed by atoms with E-state index in [4.69, 9.17) is 4.74 Å². The molecule has 0 unspecified atom stereocenters. The van der Waals surface area contributed by atoms with E-state index in [0.29, 0.717) is 0 Å². The second-order valence-corrected chi connectivity index (χ2v) is 6.42. The molecule has 0 amide bonds. The predicted octanol–water partition coefficient (Wildman–Crippen LogP) is 3.40. The highest BCUT2D eigenvalue weighted by molar-refractivity contribution is 5.71. The number of hydrogen-bond acceptors (Lipinski definition) is 2. The van der Waals surface area contributed by atoms with Crippen LogP contribution in [0, 0.1) is 11.8 Å². The van der Waals surface area contributed by atoms with Gasteiger partial charge in [0.15, 0.2) is 0 Å². The Bertz CT molecular complexity index is 537. The third kappa shape index (κ3) is 1.91. The standard InChI is InChI=1S/C17H22O3/c1-17-9-3-4-13(16(18)19)14(17)8-6-11-5-7-12(20-2)10-15(11)17/h5,7,10,13-14H,3-4,6,8-9H2,1-2H3,(H,18,19)/t13-,14-,17-/m0/s1. The van der Waals surface area contributed by atoms with Gasteiger partial charge in [-0.3, -0.25) is 4.79 Å². The van der Waals surface area contributed by atoms with E-state index in [1.165, 1.54) is 11.1 Å².